The molecular formula is C13H20N2O. The maximum absolute atomic E-state index is 11.4. The highest BCUT2D eigenvalue weighted by atomic mass is 16.2. The first-order chi connectivity index (χ1) is 7.54. The molecule has 1 aromatic rings. The monoisotopic (exact) mass is 220 g/mol. The quantitative estimate of drug-likeness (QED) is 0.776. The number of hydrogen-bond acceptors (Lipinski definition) is 2. The van der Waals surface area contributed by atoms with Gasteiger partial charge in [0.05, 0.1) is 0 Å². The Morgan fingerprint density at radius 2 is 1.69 bits per heavy atom. The van der Waals surface area contributed by atoms with Crippen molar-refractivity contribution in [3.05, 3.63) is 29.8 Å². The highest BCUT2D eigenvalue weighted by Crippen LogP contribution is 2.13. The Morgan fingerprint density at radius 1 is 1.12 bits per heavy atom. The minimum atomic E-state index is 0.177. The van der Waals surface area contributed by atoms with Crippen LogP contribution in [-0.2, 0) is 11.3 Å². The molecule has 0 aliphatic rings. The summed E-state index contributed by atoms with van der Waals surface area (Å²) in [7, 11) is 5.87. The summed E-state index contributed by atoms with van der Waals surface area (Å²) >= 11 is 0. The smallest absolute Gasteiger partial charge is 0.222 e. The van der Waals surface area contributed by atoms with E-state index in [0.29, 0.717) is 13.0 Å². The highest BCUT2D eigenvalue weighted by molar-refractivity contribution is 5.75. The molecule has 0 N–H and O–H groups in total. The first-order valence-corrected chi connectivity index (χ1v) is 5.54. The van der Waals surface area contributed by atoms with Crippen LogP contribution in [0.1, 0.15) is 18.9 Å². The van der Waals surface area contributed by atoms with Gasteiger partial charge in [-0.25, -0.2) is 0 Å². The number of carbonyl (C=O) groups excluding carboxylic acids is 1. The van der Waals surface area contributed by atoms with Crippen molar-refractivity contribution in [2.24, 2.45) is 0 Å². The van der Waals surface area contributed by atoms with Crippen molar-refractivity contribution in [1.29, 1.82) is 0 Å². The van der Waals surface area contributed by atoms with Crippen LogP contribution in [0.5, 0.6) is 0 Å². The second-order valence-electron chi connectivity index (χ2n) is 4.16. The van der Waals surface area contributed by atoms with E-state index < -0.39 is 0 Å². The van der Waals surface area contributed by atoms with Crippen LogP contribution >= 0.6 is 0 Å². The van der Waals surface area contributed by atoms with E-state index in [4.69, 9.17) is 0 Å². The first-order valence-electron chi connectivity index (χ1n) is 5.54. The third-order valence-corrected chi connectivity index (χ3v) is 2.60. The fourth-order valence-corrected chi connectivity index (χ4v) is 1.53. The average Bonchev–Trinajstić information content (AvgIpc) is 2.28. The van der Waals surface area contributed by atoms with Crippen molar-refractivity contribution in [3.8, 4) is 0 Å². The molecular weight excluding hydrogens is 200 g/mol. The van der Waals surface area contributed by atoms with Crippen LogP contribution in [0.4, 0.5) is 5.69 Å². The zero-order valence-corrected chi connectivity index (χ0v) is 10.5. The van der Waals surface area contributed by atoms with E-state index in [2.05, 4.69) is 29.2 Å². The summed E-state index contributed by atoms with van der Waals surface area (Å²) < 4.78 is 0. The predicted molar refractivity (Wildman–Crippen MR) is 67.5 cm³/mol. The molecule has 0 aliphatic heterocycles. The molecule has 0 heterocycles. The van der Waals surface area contributed by atoms with Gasteiger partial charge in [-0.2, -0.15) is 0 Å². The van der Waals surface area contributed by atoms with Gasteiger partial charge in [0.2, 0.25) is 5.91 Å². The van der Waals surface area contributed by atoms with Crippen molar-refractivity contribution >= 4 is 11.6 Å². The van der Waals surface area contributed by atoms with Gasteiger partial charge in [-0.15, -0.1) is 0 Å². The Bertz CT molecular complexity index is 343. The molecule has 0 saturated carbocycles. The van der Waals surface area contributed by atoms with Gasteiger partial charge in [0.15, 0.2) is 0 Å². The molecule has 1 amide bonds. The number of amides is 1. The molecule has 0 bridgehead atoms. The molecule has 3 heteroatoms. The van der Waals surface area contributed by atoms with E-state index >= 15 is 0 Å². The first kappa shape index (κ1) is 12.6. The second kappa shape index (κ2) is 5.54. The van der Waals surface area contributed by atoms with Crippen molar-refractivity contribution in [3.63, 3.8) is 0 Å². The van der Waals surface area contributed by atoms with Crippen molar-refractivity contribution in [2.45, 2.75) is 19.9 Å². The van der Waals surface area contributed by atoms with Crippen molar-refractivity contribution in [2.75, 3.05) is 26.0 Å². The number of nitrogens with zero attached hydrogens (tertiary/aromatic N) is 2. The molecule has 1 aromatic carbocycles. The third-order valence-electron chi connectivity index (χ3n) is 2.60. The van der Waals surface area contributed by atoms with E-state index in [1.165, 1.54) is 5.69 Å². The number of hydrogen-bond donors (Lipinski definition) is 0. The zero-order valence-electron chi connectivity index (χ0n) is 10.5. The Labute approximate surface area is 97.7 Å². The molecule has 88 valence electrons. The molecule has 0 unspecified atom stereocenters. The summed E-state index contributed by atoms with van der Waals surface area (Å²) in [5.41, 5.74) is 2.34. The molecule has 16 heavy (non-hydrogen) atoms. The Kier molecular flexibility index (Phi) is 4.35. The van der Waals surface area contributed by atoms with Gasteiger partial charge in [-0.1, -0.05) is 19.1 Å². The lowest BCUT2D eigenvalue weighted by Crippen LogP contribution is -2.25. The molecule has 0 aromatic heterocycles. The Hall–Kier alpha value is -1.51. The van der Waals surface area contributed by atoms with Crippen molar-refractivity contribution in [1.82, 2.24) is 4.90 Å². The standard InChI is InChI=1S/C13H20N2O/c1-5-13(16)15(4)10-11-6-8-12(9-7-11)14(2)3/h6-9H,5,10H2,1-4H3. The lowest BCUT2D eigenvalue weighted by Gasteiger charge is -2.17. The van der Waals surface area contributed by atoms with Crippen LogP contribution < -0.4 is 4.90 Å². The minimum Gasteiger partial charge on any atom is -0.378 e. The SMILES string of the molecule is CCC(=O)N(C)Cc1ccc(N(C)C)cc1. The summed E-state index contributed by atoms with van der Waals surface area (Å²) in [6.07, 6.45) is 0.562. The lowest BCUT2D eigenvalue weighted by atomic mass is 10.2. The Morgan fingerprint density at radius 3 is 2.12 bits per heavy atom. The maximum atomic E-state index is 11.4. The fourth-order valence-electron chi connectivity index (χ4n) is 1.53. The second-order valence-corrected chi connectivity index (χ2v) is 4.16. The topological polar surface area (TPSA) is 23.6 Å². The van der Waals surface area contributed by atoms with Crippen LogP contribution in [0.15, 0.2) is 24.3 Å². The normalized spacial score (nSPS) is 10.0. The lowest BCUT2D eigenvalue weighted by molar-refractivity contribution is -0.130. The third kappa shape index (κ3) is 3.26. The number of carbonyl (C=O) groups is 1. The largest absolute Gasteiger partial charge is 0.378 e. The van der Waals surface area contributed by atoms with Crippen LogP contribution in [0.3, 0.4) is 0 Å². The summed E-state index contributed by atoms with van der Waals surface area (Å²) in [6.45, 7) is 2.56. The van der Waals surface area contributed by atoms with E-state index in [9.17, 15) is 4.79 Å². The van der Waals surface area contributed by atoms with E-state index in [0.717, 1.165) is 5.56 Å². The van der Waals surface area contributed by atoms with E-state index in [-0.39, 0.29) is 5.91 Å². The number of rotatable bonds is 4. The van der Waals surface area contributed by atoms with Gasteiger partial charge < -0.3 is 9.80 Å². The maximum Gasteiger partial charge on any atom is 0.222 e. The molecule has 0 spiro atoms. The van der Waals surface area contributed by atoms with Gasteiger partial charge in [0.25, 0.3) is 0 Å². The average molecular weight is 220 g/mol. The fraction of sp³-hybridized carbons (Fsp3) is 0.462. The molecule has 0 atom stereocenters. The molecule has 1 rings (SSSR count). The van der Waals surface area contributed by atoms with Crippen molar-refractivity contribution < 1.29 is 4.79 Å². The molecule has 0 aliphatic carbocycles. The van der Waals surface area contributed by atoms with Gasteiger partial charge in [0, 0.05) is 39.8 Å². The summed E-state index contributed by atoms with van der Waals surface area (Å²) in [5, 5.41) is 0. The van der Waals surface area contributed by atoms with Crippen LogP contribution in [0.25, 0.3) is 0 Å². The van der Waals surface area contributed by atoms with Crippen LogP contribution in [-0.4, -0.2) is 32.0 Å². The van der Waals surface area contributed by atoms with Gasteiger partial charge in [0.1, 0.15) is 0 Å². The predicted octanol–water partition coefficient (Wildman–Crippen LogP) is 2.12. The van der Waals surface area contributed by atoms with Gasteiger partial charge in [-0.3, -0.25) is 4.79 Å². The molecule has 0 fully saturated rings. The van der Waals surface area contributed by atoms with E-state index in [1.807, 2.05) is 28.1 Å². The number of anilines is 1. The molecule has 0 saturated heterocycles. The molecule has 0 radical (unpaired) electrons. The highest BCUT2D eigenvalue weighted by Gasteiger charge is 2.06. The summed E-state index contributed by atoms with van der Waals surface area (Å²) in [6, 6.07) is 8.27. The zero-order chi connectivity index (χ0) is 12.1. The summed E-state index contributed by atoms with van der Waals surface area (Å²) in [5.74, 6) is 0.177. The Balaban J connectivity index is 2.65. The summed E-state index contributed by atoms with van der Waals surface area (Å²) in [4.78, 5) is 15.2. The molecule has 3 nitrogen and oxygen atoms in total. The minimum absolute atomic E-state index is 0.177. The van der Waals surface area contributed by atoms with Crippen LogP contribution in [0.2, 0.25) is 0 Å². The van der Waals surface area contributed by atoms with Gasteiger partial charge >= 0.3 is 0 Å². The van der Waals surface area contributed by atoms with Gasteiger partial charge in [-0.05, 0) is 17.7 Å². The van der Waals surface area contributed by atoms with E-state index in [1.54, 1.807) is 4.90 Å². The number of benzene rings is 1. The van der Waals surface area contributed by atoms with Crippen LogP contribution in [0, 0.1) is 0 Å².